The number of hydrogen-bond acceptors (Lipinski definition) is 4. The maximum absolute atomic E-state index is 6.04. The molecule has 0 aliphatic rings. The molecule has 1 aromatic carbocycles. The zero-order valence-corrected chi connectivity index (χ0v) is 12.2. The Labute approximate surface area is 124 Å². The normalized spacial score (nSPS) is 10.8. The van der Waals surface area contributed by atoms with E-state index in [1.807, 2.05) is 49.5 Å². The SMILES string of the molecule is Cc1cccc(CN(C)c2ccc(N)c3ccncc23)n1. The van der Waals surface area contributed by atoms with Gasteiger partial charge in [-0.3, -0.25) is 9.97 Å². The second-order valence-electron chi connectivity index (χ2n) is 5.22. The molecule has 0 unspecified atom stereocenters. The van der Waals surface area contributed by atoms with E-state index in [0.717, 1.165) is 40.1 Å². The number of nitrogens with two attached hydrogens (primary N) is 1. The number of nitrogens with zero attached hydrogens (tertiary/aromatic N) is 3. The molecule has 0 aliphatic heterocycles. The predicted molar refractivity (Wildman–Crippen MR) is 87.2 cm³/mol. The first-order valence-electron chi connectivity index (χ1n) is 6.91. The number of rotatable bonds is 3. The van der Waals surface area contributed by atoms with Crippen molar-refractivity contribution in [3.8, 4) is 0 Å². The van der Waals surface area contributed by atoms with Gasteiger partial charge in [0, 0.05) is 47.3 Å². The zero-order chi connectivity index (χ0) is 14.8. The number of fused-ring (bicyclic) bond motifs is 1. The van der Waals surface area contributed by atoms with E-state index >= 15 is 0 Å². The molecule has 0 fully saturated rings. The second kappa shape index (κ2) is 5.40. The lowest BCUT2D eigenvalue weighted by molar-refractivity contribution is 0.880. The topological polar surface area (TPSA) is 55.0 Å². The Morgan fingerprint density at radius 2 is 1.95 bits per heavy atom. The first kappa shape index (κ1) is 13.4. The van der Waals surface area contributed by atoms with Crippen molar-refractivity contribution in [3.63, 3.8) is 0 Å². The number of nitrogen functional groups attached to an aromatic ring is 1. The summed E-state index contributed by atoms with van der Waals surface area (Å²) in [5, 5.41) is 2.10. The highest BCUT2D eigenvalue weighted by molar-refractivity contribution is 6.00. The Morgan fingerprint density at radius 3 is 2.76 bits per heavy atom. The van der Waals surface area contributed by atoms with E-state index in [2.05, 4.69) is 21.9 Å². The van der Waals surface area contributed by atoms with E-state index in [4.69, 9.17) is 5.73 Å². The molecule has 0 amide bonds. The molecule has 2 heterocycles. The quantitative estimate of drug-likeness (QED) is 0.748. The van der Waals surface area contributed by atoms with Crippen molar-refractivity contribution in [2.45, 2.75) is 13.5 Å². The minimum atomic E-state index is 0.746. The second-order valence-corrected chi connectivity index (χ2v) is 5.22. The van der Waals surface area contributed by atoms with Crippen LogP contribution in [0.1, 0.15) is 11.4 Å². The summed E-state index contributed by atoms with van der Waals surface area (Å²) in [6.07, 6.45) is 3.63. The molecule has 0 atom stereocenters. The first-order valence-corrected chi connectivity index (χ1v) is 6.91. The summed E-state index contributed by atoms with van der Waals surface area (Å²) in [5.41, 5.74) is 10.0. The van der Waals surface area contributed by atoms with Crippen LogP contribution in [-0.4, -0.2) is 17.0 Å². The standard InChI is InChI=1S/C17H18N4/c1-12-4-3-5-13(20-12)11-21(2)17-7-6-16(18)14-8-9-19-10-15(14)17/h3-10H,11,18H2,1-2H3. The highest BCUT2D eigenvalue weighted by Gasteiger charge is 2.09. The highest BCUT2D eigenvalue weighted by Crippen LogP contribution is 2.30. The molecule has 0 saturated heterocycles. The number of aromatic nitrogens is 2. The van der Waals surface area contributed by atoms with Crippen molar-refractivity contribution < 1.29 is 0 Å². The van der Waals surface area contributed by atoms with Gasteiger partial charge in [-0.2, -0.15) is 0 Å². The lowest BCUT2D eigenvalue weighted by Crippen LogP contribution is -2.17. The summed E-state index contributed by atoms with van der Waals surface area (Å²) in [6.45, 7) is 2.75. The summed E-state index contributed by atoms with van der Waals surface area (Å²) in [7, 11) is 2.06. The van der Waals surface area contributed by atoms with Gasteiger partial charge >= 0.3 is 0 Å². The van der Waals surface area contributed by atoms with Gasteiger partial charge in [-0.15, -0.1) is 0 Å². The number of pyridine rings is 2. The van der Waals surface area contributed by atoms with Gasteiger partial charge in [0.1, 0.15) is 0 Å². The van der Waals surface area contributed by atoms with E-state index in [1.54, 1.807) is 6.20 Å². The number of anilines is 2. The van der Waals surface area contributed by atoms with Crippen LogP contribution in [-0.2, 0) is 6.54 Å². The molecule has 0 saturated carbocycles. The van der Waals surface area contributed by atoms with Gasteiger partial charge in [0.05, 0.1) is 12.2 Å². The van der Waals surface area contributed by atoms with Gasteiger partial charge in [-0.25, -0.2) is 0 Å². The lowest BCUT2D eigenvalue weighted by Gasteiger charge is -2.21. The van der Waals surface area contributed by atoms with Crippen molar-refractivity contribution in [1.82, 2.24) is 9.97 Å². The number of hydrogen-bond donors (Lipinski definition) is 1. The molecule has 3 rings (SSSR count). The smallest absolute Gasteiger partial charge is 0.0600 e. The third-order valence-corrected chi connectivity index (χ3v) is 3.59. The Kier molecular flexibility index (Phi) is 3.44. The summed E-state index contributed by atoms with van der Waals surface area (Å²) < 4.78 is 0. The fourth-order valence-electron chi connectivity index (χ4n) is 2.55. The summed E-state index contributed by atoms with van der Waals surface area (Å²) in [4.78, 5) is 10.9. The van der Waals surface area contributed by atoms with Gasteiger partial charge in [0.25, 0.3) is 0 Å². The summed E-state index contributed by atoms with van der Waals surface area (Å²) in [6, 6.07) is 12.0. The molecule has 4 heteroatoms. The summed E-state index contributed by atoms with van der Waals surface area (Å²) >= 11 is 0. The Bertz CT molecular complexity index is 783. The van der Waals surface area contributed by atoms with E-state index in [-0.39, 0.29) is 0 Å². The van der Waals surface area contributed by atoms with E-state index < -0.39 is 0 Å². The van der Waals surface area contributed by atoms with Gasteiger partial charge in [0.2, 0.25) is 0 Å². The monoisotopic (exact) mass is 278 g/mol. The van der Waals surface area contributed by atoms with Gasteiger partial charge in [0.15, 0.2) is 0 Å². The minimum Gasteiger partial charge on any atom is -0.398 e. The van der Waals surface area contributed by atoms with Crippen LogP contribution in [0.3, 0.4) is 0 Å². The molecule has 3 aromatic rings. The van der Waals surface area contributed by atoms with Crippen LogP contribution in [0.25, 0.3) is 10.8 Å². The maximum Gasteiger partial charge on any atom is 0.0600 e. The summed E-state index contributed by atoms with van der Waals surface area (Å²) in [5.74, 6) is 0. The lowest BCUT2D eigenvalue weighted by atomic mass is 10.1. The van der Waals surface area contributed by atoms with Crippen LogP contribution in [0, 0.1) is 6.92 Å². The molecule has 2 N–H and O–H groups in total. The van der Waals surface area contributed by atoms with Crippen molar-refractivity contribution >= 4 is 22.1 Å². The molecular weight excluding hydrogens is 260 g/mol. The van der Waals surface area contributed by atoms with Gasteiger partial charge in [-0.1, -0.05) is 6.07 Å². The molecule has 21 heavy (non-hydrogen) atoms. The molecule has 0 spiro atoms. The highest BCUT2D eigenvalue weighted by atomic mass is 15.1. The predicted octanol–water partition coefficient (Wildman–Crippen LogP) is 3.16. The number of benzene rings is 1. The average Bonchev–Trinajstić information content (AvgIpc) is 2.48. The Morgan fingerprint density at radius 1 is 1.10 bits per heavy atom. The number of aryl methyl sites for hydroxylation is 1. The molecule has 106 valence electrons. The van der Waals surface area contributed by atoms with Crippen LogP contribution in [0.4, 0.5) is 11.4 Å². The maximum atomic E-state index is 6.04. The first-order chi connectivity index (χ1) is 10.1. The van der Waals surface area contributed by atoms with Crippen molar-refractivity contribution in [2.24, 2.45) is 0 Å². The Balaban J connectivity index is 1.98. The van der Waals surface area contributed by atoms with Gasteiger partial charge < -0.3 is 10.6 Å². The average molecular weight is 278 g/mol. The van der Waals surface area contributed by atoms with Crippen LogP contribution >= 0.6 is 0 Å². The van der Waals surface area contributed by atoms with Crippen LogP contribution in [0.15, 0.2) is 48.8 Å². The molecule has 0 radical (unpaired) electrons. The van der Waals surface area contributed by atoms with E-state index in [0.29, 0.717) is 0 Å². The fourth-order valence-corrected chi connectivity index (χ4v) is 2.55. The van der Waals surface area contributed by atoms with Crippen LogP contribution in [0.2, 0.25) is 0 Å². The van der Waals surface area contributed by atoms with Crippen LogP contribution in [0.5, 0.6) is 0 Å². The molecular formula is C17H18N4. The molecule has 2 aromatic heterocycles. The van der Waals surface area contributed by atoms with Gasteiger partial charge in [-0.05, 0) is 37.3 Å². The van der Waals surface area contributed by atoms with Crippen molar-refractivity contribution in [2.75, 3.05) is 17.7 Å². The van der Waals surface area contributed by atoms with E-state index in [9.17, 15) is 0 Å². The third kappa shape index (κ3) is 2.65. The largest absolute Gasteiger partial charge is 0.398 e. The minimum absolute atomic E-state index is 0.746. The fraction of sp³-hybridized carbons (Fsp3) is 0.176. The Hall–Kier alpha value is -2.62. The molecule has 0 bridgehead atoms. The van der Waals surface area contributed by atoms with Crippen molar-refractivity contribution in [3.05, 3.63) is 60.2 Å². The van der Waals surface area contributed by atoms with Crippen LogP contribution < -0.4 is 10.6 Å². The third-order valence-electron chi connectivity index (χ3n) is 3.59. The van der Waals surface area contributed by atoms with Crippen molar-refractivity contribution in [1.29, 1.82) is 0 Å². The zero-order valence-electron chi connectivity index (χ0n) is 12.2. The van der Waals surface area contributed by atoms with E-state index in [1.165, 1.54) is 0 Å². The molecule has 0 aliphatic carbocycles. The molecule has 4 nitrogen and oxygen atoms in total.